The third-order valence-electron chi connectivity index (χ3n) is 1.97. The van der Waals surface area contributed by atoms with Crippen molar-refractivity contribution in [2.75, 3.05) is 6.61 Å². The first-order chi connectivity index (χ1) is 8.31. The largest absolute Gasteiger partial charge is 0.487 e. The number of rotatable bonds is 5. The topological polar surface area (TPSA) is 104 Å². The molecule has 0 bridgehead atoms. The highest BCUT2D eigenvalue weighted by Gasteiger charge is 2.24. The van der Waals surface area contributed by atoms with Crippen LogP contribution in [0.2, 0.25) is 0 Å². The van der Waals surface area contributed by atoms with Gasteiger partial charge < -0.3 is 4.74 Å². The van der Waals surface area contributed by atoms with Gasteiger partial charge >= 0.3 is 5.69 Å². The molecular formula is C9H8ClNO6S. The van der Waals surface area contributed by atoms with Gasteiger partial charge in [0.15, 0.2) is 6.29 Å². The van der Waals surface area contributed by atoms with Crippen molar-refractivity contribution in [2.45, 2.75) is 11.8 Å². The summed E-state index contributed by atoms with van der Waals surface area (Å²) in [5.41, 5.74) is -0.869. The number of nitro groups is 1. The van der Waals surface area contributed by atoms with Crippen molar-refractivity contribution >= 4 is 31.7 Å². The first-order valence-electron chi connectivity index (χ1n) is 4.66. The predicted octanol–water partition coefficient (Wildman–Crippen LogP) is 1.73. The number of nitrogens with zero attached hydrogens (tertiary/aromatic N) is 1. The fourth-order valence-electron chi connectivity index (χ4n) is 1.27. The van der Waals surface area contributed by atoms with Crippen LogP contribution in [0.15, 0.2) is 17.0 Å². The Kier molecular flexibility index (Phi) is 4.25. The van der Waals surface area contributed by atoms with E-state index >= 15 is 0 Å². The van der Waals surface area contributed by atoms with Crippen LogP contribution in [0.1, 0.15) is 17.3 Å². The molecule has 0 aliphatic rings. The SMILES string of the molecule is CCOc1c(C=O)cc(S(=O)(=O)Cl)cc1[N+](=O)[O-]. The fraction of sp³-hybridized carbons (Fsp3) is 0.222. The lowest BCUT2D eigenvalue weighted by Crippen LogP contribution is -2.03. The van der Waals surface area contributed by atoms with Gasteiger partial charge in [0.05, 0.1) is 22.0 Å². The van der Waals surface area contributed by atoms with Gasteiger partial charge in [-0.15, -0.1) is 0 Å². The first kappa shape index (κ1) is 14.4. The summed E-state index contributed by atoms with van der Waals surface area (Å²) < 4.78 is 27.2. The maximum Gasteiger partial charge on any atom is 0.313 e. The van der Waals surface area contributed by atoms with Gasteiger partial charge in [-0.3, -0.25) is 14.9 Å². The second-order valence-corrected chi connectivity index (χ2v) is 5.67. The van der Waals surface area contributed by atoms with Gasteiger partial charge in [0.2, 0.25) is 5.75 Å². The molecule has 0 saturated heterocycles. The van der Waals surface area contributed by atoms with Crippen molar-refractivity contribution < 1.29 is 22.9 Å². The van der Waals surface area contributed by atoms with Gasteiger partial charge in [0.25, 0.3) is 9.05 Å². The molecule has 0 aliphatic heterocycles. The van der Waals surface area contributed by atoms with E-state index in [0.717, 1.165) is 12.1 Å². The molecule has 0 spiro atoms. The van der Waals surface area contributed by atoms with Crippen molar-refractivity contribution in [3.8, 4) is 5.75 Å². The monoisotopic (exact) mass is 293 g/mol. The molecule has 0 radical (unpaired) electrons. The molecular weight excluding hydrogens is 286 g/mol. The molecule has 0 amide bonds. The Morgan fingerprint density at radius 1 is 1.50 bits per heavy atom. The highest BCUT2D eigenvalue weighted by molar-refractivity contribution is 8.13. The molecule has 1 rings (SSSR count). The third-order valence-corrected chi connectivity index (χ3v) is 3.30. The zero-order valence-corrected chi connectivity index (χ0v) is 10.7. The quantitative estimate of drug-likeness (QED) is 0.354. The lowest BCUT2D eigenvalue weighted by Gasteiger charge is -2.08. The standard InChI is InChI=1S/C9H8ClNO6S/c1-2-17-9-6(5-12)3-7(18(10,15)16)4-8(9)11(13)14/h3-5H,2H2,1H3. The average Bonchev–Trinajstić information content (AvgIpc) is 2.27. The minimum Gasteiger partial charge on any atom is -0.487 e. The Morgan fingerprint density at radius 3 is 2.50 bits per heavy atom. The summed E-state index contributed by atoms with van der Waals surface area (Å²) >= 11 is 0. The molecule has 0 unspecified atom stereocenters. The second kappa shape index (κ2) is 5.32. The van der Waals surface area contributed by atoms with Gasteiger partial charge in [-0.05, 0) is 13.0 Å². The van der Waals surface area contributed by atoms with E-state index < -0.39 is 24.6 Å². The van der Waals surface area contributed by atoms with Crippen LogP contribution in [-0.2, 0) is 9.05 Å². The average molecular weight is 294 g/mol. The number of carbonyl (C=O) groups excluding carboxylic acids is 1. The third kappa shape index (κ3) is 2.96. The van der Waals surface area contributed by atoms with Crippen LogP contribution in [0.5, 0.6) is 5.75 Å². The Hall–Kier alpha value is -1.67. The summed E-state index contributed by atoms with van der Waals surface area (Å²) in [4.78, 5) is 20.3. The van der Waals surface area contributed by atoms with Crippen LogP contribution in [0.25, 0.3) is 0 Å². The second-order valence-electron chi connectivity index (χ2n) is 3.11. The number of aldehydes is 1. The Bertz CT molecular complexity index is 597. The van der Waals surface area contributed by atoms with Crippen LogP contribution < -0.4 is 4.74 Å². The maximum absolute atomic E-state index is 11.1. The van der Waals surface area contributed by atoms with Gasteiger partial charge in [-0.1, -0.05) is 0 Å². The number of hydrogen-bond donors (Lipinski definition) is 0. The highest BCUT2D eigenvalue weighted by atomic mass is 35.7. The van der Waals surface area contributed by atoms with Gasteiger partial charge in [0, 0.05) is 16.7 Å². The molecule has 0 saturated carbocycles. The fourth-order valence-corrected chi connectivity index (χ4v) is 2.06. The van der Waals surface area contributed by atoms with E-state index in [2.05, 4.69) is 0 Å². The lowest BCUT2D eigenvalue weighted by molar-refractivity contribution is -0.386. The number of halogens is 1. The summed E-state index contributed by atoms with van der Waals surface area (Å²) in [5, 5.41) is 10.8. The van der Waals surface area contributed by atoms with Crippen LogP contribution in [0, 0.1) is 10.1 Å². The number of benzene rings is 1. The van der Waals surface area contributed by atoms with Crippen LogP contribution in [-0.4, -0.2) is 26.2 Å². The summed E-state index contributed by atoms with van der Waals surface area (Å²) in [5.74, 6) is -0.276. The molecule has 18 heavy (non-hydrogen) atoms. The normalized spacial score (nSPS) is 11.0. The van der Waals surface area contributed by atoms with Crippen molar-refractivity contribution in [3.63, 3.8) is 0 Å². The molecule has 0 fully saturated rings. The molecule has 1 aromatic rings. The van der Waals surface area contributed by atoms with Gasteiger partial charge in [-0.25, -0.2) is 8.42 Å². The zero-order chi connectivity index (χ0) is 13.9. The number of hydrogen-bond acceptors (Lipinski definition) is 6. The number of nitro benzene ring substituents is 1. The van der Waals surface area contributed by atoms with Crippen molar-refractivity contribution in [3.05, 3.63) is 27.8 Å². The molecule has 7 nitrogen and oxygen atoms in total. The minimum atomic E-state index is -4.17. The van der Waals surface area contributed by atoms with Crippen LogP contribution in [0.4, 0.5) is 5.69 Å². The molecule has 98 valence electrons. The highest BCUT2D eigenvalue weighted by Crippen LogP contribution is 2.34. The Labute approximate surface area is 107 Å². The van der Waals surface area contributed by atoms with E-state index in [-0.39, 0.29) is 24.2 Å². The number of carbonyl (C=O) groups is 1. The molecule has 9 heteroatoms. The Balaban J connectivity index is 3.63. The van der Waals surface area contributed by atoms with Crippen molar-refractivity contribution in [1.82, 2.24) is 0 Å². The summed E-state index contributed by atoms with van der Waals surface area (Å²) in [6.45, 7) is 1.67. The molecule has 1 aromatic carbocycles. The van der Waals surface area contributed by atoms with E-state index in [1.165, 1.54) is 0 Å². The smallest absolute Gasteiger partial charge is 0.313 e. The van der Waals surface area contributed by atoms with Crippen molar-refractivity contribution in [2.24, 2.45) is 0 Å². The van der Waals surface area contributed by atoms with Gasteiger partial charge in [0.1, 0.15) is 0 Å². The van der Waals surface area contributed by atoms with Crippen LogP contribution in [0.3, 0.4) is 0 Å². The van der Waals surface area contributed by atoms with Gasteiger partial charge in [-0.2, -0.15) is 0 Å². The first-order valence-corrected chi connectivity index (χ1v) is 6.97. The predicted molar refractivity (Wildman–Crippen MR) is 62.7 cm³/mol. The van der Waals surface area contributed by atoms with E-state index in [1.807, 2.05) is 0 Å². The zero-order valence-electron chi connectivity index (χ0n) is 9.12. The van der Waals surface area contributed by atoms with E-state index in [1.54, 1.807) is 6.92 Å². The van der Waals surface area contributed by atoms with E-state index in [4.69, 9.17) is 15.4 Å². The van der Waals surface area contributed by atoms with E-state index in [0.29, 0.717) is 0 Å². The van der Waals surface area contributed by atoms with Crippen LogP contribution >= 0.6 is 10.7 Å². The molecule has 0 aliphatic carbocycles. The molecule has 0 aromatic heterocycles. The molecule has 0 heterocycles. The summed E-state index contributed by atoms with van der Waals surface area (Å²) in [7, 11) is 0.917. The minimum absolute atomic E-state index is 0.0919. The lowest BCUT2D eigenvalue weighted by atomic mass is 10.2. The number of ether oxygens (including phenoxy) is 1. The molecule has 0 atom stereocenters. The van der Waals surface area contributed by atoms with E-state index in [9.17, 15) is 23.3 Å². The summed E-state index contributed by atoms with van der Waals surface area (Å²) in [6.07, 6.45) is 0.267. The summed E-state index contributed by atoms with van der Waals surface area (Å²) in [6, 6.07) is 1.67. The van der Waals surface area contributed by atoms with Crippen molar-refractivity contribution in [1.29, 1.82) is 0 Å². The Morgan fingerprint density at radius 2 is 2.11 bits per heavy atom. The molecule has 0 N–H and O–H groups in total. The maximum atomic E-state index is 11.1.